The molecule has 5 atom stereocenters. The molecule has 2 saturated carbocycles. The molecule has 166 valence electrons. The molecule has 2 aliphatic carbocycles. The van der Waals surface area contributed by atoms with E-state index < -0.39 is 0 Å². The maximum Gasteiger partial charge on any atom is 0.326 e. The summed E-state index contributed by atoms with van der Waals surface area (Å²) in [6, 6.07) is 9.09. The third-order valence-corrected chi connectivity index (χ3v) is 10.2. The summed E-state index contributed by atoms with van der Waals surface area (Å²) in [5, 5.41) is 1.56. The van der Waals surface area contributed by atoms with Gasteiger partial charge in [-0.05, 0) is 60.5 Å². The van der Waals surface area contributed by atoms with E-state index in [1.54, 1.807) is 11.5 Å². The largest absolute Gasteiger partial charge is 0.465 e. The topological polar surface area (TPSA) is 48.3 Å². The van der Waals surface area contributed by atoms with Gasteiger partial charge in [0.2, 0.25) is 0 Å². The molecule has 0 amide bonds. The second kappa shape index (κ2) is 7.80. The van der Waals surface area contributed by atoms with Gasteiger partial charge in [0.05, 0.1) is 11.6 Å². The highest BCUT2D eigenvalue weighted by molar-refractivity contribution is 8.00. The summed E-state index contributed by atoms with van der Waals surface area (Å²) in [5.74, 6) is 2.00. The summed E-state index contributed by atoms with van der Waals surface area (Å²) in [6.07, 6.45) is 3.93. The second-order valence-corrected chi connectivity index (χ2v) is 12.4. The zero-order valence-corrected chi connectivity index (χ0v) is 20.4. The van der Waals surface area contributed by atoms with E-state index in [1.165, 1.54) is 41.7 Å². The van der Waals surface area contributed by atoms with Crippen molar-refractivity contribution < 1.29 is 9.53 Å². The van der Waals surface area contributed by atoms with Crippen molar-refractivity contribution in [1.82, 2.24) is 4.57 Å². The van der Waals surface area contributed by atoms with Gasteiger partial charge in [-0.3, -0.25) is 14.2 Å². The van der Waals surface area contributed by atoms with Crippen molar-refractivity contribution in [3.05, 3.63) is 49.9 Å². The van der Waals surface area contributed by atoms with Crippen LogP contribution in [0.3, 0.4) is 0 Å². The minimum Gasteiger partial charge on any atom is -0.465 e. The third kappa shape index (κ3) is 3.60. The van der Waals surface area contributed by atoms with Crippen LogP contribution in [0.15, 0.2) is 34.1 Å². The molecule has 2 heterocycles. The first-order valence-electron chi connectivity index (χ1n) is 11.4. The number of thiazole rings is 1. The van der Waals surface area contributed by atoms with E-state index in [9.17, 15) is 9.59 Å². The molecule has 1 aliphatic heterocycles. The molecule has 31 heavy (non-hydrogen) atoms. The van der Waals surface area contributed by atoms with E-state index >= 15 is 0 Å². The van der Waals surface area contributed by atoms with Crippen LogP contribution in [0, 0.1) is 17.8 Å². The number of esters is 1. The minimum atomic E-state index is -0.327. The Labute approximate surface area is 192 Å². The first-order chi connectivity index (χ1) is 14.8. The molecule has 3 aliphatic rings. The van der Waals surface area contributed by atoms with Crippen molar-refractivity contribution in [1.29, 1.82) is 0 Å². The first kappa shape index (κ1) is 21.3. The SMILES string of the molecule is CCOC(=O)Cn1c2c(sc1=O)[C@@H](c1ccc(C(C)(C)C)cc1)C1C3CCC(C3)C1S2. The number of benzene rings is 1. The number of rotatable bonds is 4. The molecular formula is C25H31NO3S2. The minimum absolute atomic E-state index is 0.0205. The van der Waals surface area contributed by atoms with Crippen molar-refractivity contribution in [2.45, 2.75) is 75.1 Å². The number of carbonyl (C=O) groups is 1. The highest BCUT2D eigenvalue weighted by Gasteiger charge is 2.55. The molecule has 1 aromatic carbocycles. The van der Waals surface area contributed by atoms with Gasteiger partial charge in [-0.25, -0.2) is 0 Å². The van der Waals surface area contributed by atoms with Crippen LogP contribution < -0.4 is 4.87 Å². The van der Waals surface area contributed by atoms with Crippen LogP contribution in [-0.2, 0) is 21.5 Å². The van der Waals surface area contributed by atoms with Gasteiger partial charge in [-0.15, -0.1) is 11.8 Å². The van der Waals surface area contributed by atoms with E-state index in [4.69, 9.17) is 4.74 Å². The van der Waals surface area contributed by atoms with E-state index in [2.05, 4.69) is 45.0 Å². The molecule has 5 rings (SSSR count). The Bertz CT molecular complexity index is 1050. The molecule has 4 unspecified atom stereocenters. The summed E-state index contributed by atoms with van der Waals surface area (Å²) < 4.78 is 6.83. The normalized spacial score (nSPS) is 29.0. The number of carbonyl (C=O) groups excluding carboxylic acids is 1. The fraction of sp³-hybridized carbons (Fsp3) is 0.600. The quantitative estimate of drug-likeness (QED) is 0.575. The fourth-order valence-corrected chi connectivity index (χ4v) is 9.14. The summed E-state index contributed by atoms with van der Waals surface area (Å²) in [4.78, 5) is 26.3. The van der Waals surface area contributed by atoms with Crippen LogP contribution in [0.4, 0.5) is 0 Å². The lowest BCUT2D eigenvalue weighted by Crippen LogP contribution is -2.34. The molecule has 0 saturated heterocycles. The average Bonchev–Trinajstić information content (AvgIpc) is 3.41. The Morgan fingerprint density at radius 1 is 1.16 bits per heavy atom. The van der Waals surface area contributed by atoms with E-state index in [1.807, 2.05) is 11.8 Å². The lowest BCUT2D eigenvalue weighted by atomic mass is 9.74. The third-order valence-electron chi connectivity index (χ3n) is 7.42. The van der Waals surface area contributed by atoms with Crippen molar-refractivity contribution in [3.63, 3.8) is 0 Å². The van der Waals surface area contributed by atoms with Crippen molar-refractivity contribution in [2.75, 3.05) is 6.61 Å². The van der Waals surface area contributed by atoms with Crippen LogP contribution in [0.1, 0.15) is 68.9 Å². The monoisotopic (exact) mass is 457 g/mol. The zero-order chi connectivity index (χ0) is 21.9. The average molecular weight is 458 g/mol. The Kier molecular flexibility index (Phi) is 5.37. The predicted molar refractivity (Wildman–Crippen MR) is 126 cm³/mol. The van der Waals surface area contributed by atoms with Gasteiger partial charge >= 0.3 is 10.8 Å². The molecule has 0 N–H and O–H groups in total. The van der Waals surface area contributed by atoms with Crippen LogP contribution in [0.25, 0.3) is 0 Å². The molecule has 6 heteroatoms. The molecule has 1 aromatic heterocycles. The number of hydrogen-bond acceptors (Lipinski definition) is 5. The molecule has 0 spiro atoms. The number of nitrogens with zero attached hydrogens (tertiary/aromatic N) is 1. The maximum absolute atomic E-state index is 13.0. The maximum atomic E-state index is 13.0. The Balaban J connectivity index is 1.59. The van der Waals surface area contributed by atoms with E-state index in [0.29, 0.717) is 17.8 Å². The van der Waals surface area contributed by atoms with Gasteiger partial charge in [0.1, 0.15) is 6.54 Å². The lowest BCUT2D eigenvalue weighted by Gasteiger charge is -2.40. The fourth-order valence-electron chi connectivity index (χ4n) is 5.99. The van der Waals surface area contributed by atoms with Crippen LogP contribution in [0.2, 0.25) is 0 Å². The summed E-state index contributed by atoms with van der Waals surface area (Å²) in [7, 11) is 0. The van der Waals surface area contributed by atoms with Gasteiger partial charge in [0.25, 0.3) is 0 Å². The smallest absolute Gasteiger partial charge is 0.326 e. The van der Waals surface area contributed by atoms with Gasteiger partial charge in [0, 0.05) is 16.0 Å². The van der Waals surface area contributed by atoms with Gasteiger partial charge in [-0.1, -0.05) is 56.4 Å². The van der Waals surface area contributed by atoms with Gasteiger partial charge in [0.15, 0.2) is 0 Å². The van der Waals surface area contributed by atoms with Gasteiger partial charge in [-0.2, -0.15) is 0 Å². The van der Waals surface area contributed by atoms with Crippen molar-refractivity contribution in [3.8, 4) is 0 Å². The number of fused-ring (bicyclic) bond motifs is 6. The Morgan fingerprint density at radius 2 is 1.87 bits per heavy atom. The van der Waals surface area contributed by atoms with E-state index in [0.717, 1.165) is 21.7 Å². The molecule has 0 radical (unpaired) electrons. The molecule has 2 bridgehead atoms. The number of ether oxygens (including phenoxy) is 1. The first-order valence-corrected chi connectivity index (χ1v) is 13.1. The molecule has 4 nitrogen and oxygen atoms in total. The summed E-state index contributed by atoms with van der Waals surface area (Å²) >= 11 is 3.21. The standard InChI is InChI=1S/C25H31NO3S2/c1-5-29-18(27)13-26-23-22(31-24(26)28)19(14-8-10-17(11-9-14)25(2,3)4)20-15-6-7-16(12-15)21(20)30-23/h8-11,15-16,19-21H,5-7,12-13H2,1-4H3/t15?,16?,19-,20?,21?/m0/s1. The van der Waals surface area contributed by atoms with Crippen LogP contribution in [-0.4, -0.2) is 22.4 Å². The van der Waals surface area contributed by atoms with Crippen molar-refractivity contribution >= 4 is 29.1 Å². The Hall–Kier alpha value is -1.53. The Morgan fingerprint density at radius 3 is 2.55 bits per heavy atom. The highest BCUT2D eigenvalue weighted by atomic mass is 32.2. The summed E-state index contributed by atoms with van der Waals surface area (Å²) in [6.45, 7) is 8.88. The lowest BCUT2D eigenvalue weighted by molar-refractivity contribution is -0.144. The number of hydrogen-bond donors (Lipinski definition) is 0. The molecule has 2 fully saturated rings. The van der Waals surface area contributed by atoms with Gasteiger partial charge < -0.3 is 4.74 Å². The second-order valence-electron chi connectivity index (χ2n) is 10.3. The highest BCUT2D eigenvalue weighted by Crippen LogP contribution is 2.64. The van der Waals surface area contributed by atoms with Crippen LogP contribution >= 0.6 is 23.1 Å². The van der Waals surface area contributed by atoms with Crippen molar-refractivity contribution in [2.24, 2.45) is 17.8 Å². The molecular weight excluding hydrogens is 426 g/mol. The zero-order valence-electron chi connectivity index (χ0n) is 18.7. The van der Waals surface area contributed by atoms with E-state index in [-0.39, 0.29) is 28.7 Å². The summed E-state index contributed by atoms with van der Waals surface area (Å²) in [5.41, 5.74) is 2.77. The number of thioether (sulfide) groups is 1. The number of aromatic nitrogens is 1. The predicted octanol–water partition coefficient (Wildman–Crippen LogP) is 5.42. The molecule has 2 aromatic rings. The van der Waals surface area contributed by atoms with Crippen LogP contribution in [0.5, 0.6) is 0 Å².